The number of alkyl halides is 1. The summed E-state index contributed by atoms with van der Waals surface area (Å²) in [6, 6.07) is 0. The van der Waals surface area contributed by atoms with Crippen LogP contribution in [-0.2, 0) is 18.6 Å². The number of ether oxygens (including phenoxy) is 1. The van der Waals surface area contributed by atoms with Crippen molar-refractivity contribution in [3.8, 4) is 0 Å². The quantitative estimate of drug-likeness (QED) is 0.393. The average Bonchev–Trinajstić information content (AvgIpc) is 2.16. The fourth-order valence-corrected chi connectivity index (χ4v) is 4.45. The van der Waals surface area contributed by atoms with E-state index in [1.165, 1.54) is 0 Å². The van der Waals surface area contributed by atoms with Gasteiger partial charge in [0.2, 0.25) is 7.37 Å². The Morgan fingerprint density at radius 3 is 2.40 bits per heavy atom. The number of esters is 1. The van der Waals surface area contributed by atoms with E-state index in [9.17, 15) is 9.36 Å². The van der Waals surface area contributed by atoms with E-state index in [0.29, 0.717) is 24.7 Å². The summed E-state index contributed by atoms with van der Waals surface area (Å²) in [6.07, 6.45) is 0.892. The molecule has 0 amide bonds. The smallest absolute Gasteiger partial charge is 0.306 e. The molecular weight excluding hydrogens is 283 g/mol. The Bertz CT molecular complexity index is 222. The number of rotatable bonds is 8. The summed E-state index contributed by atoms with van der Waals surface area (Å²) < 4.78 is 22.0. The van der Waals surface area contributed by atoms with Crippen LogP contribution in [0.25, 0.3) is 0 Å². The minimum absolute atomic E-state index is 0.165. The van der Waals surface area contributed by atoms with Gasteiger partial charge < -0.3 is 9.26 Å². The molecule has 0 N–H and O–H groups in total. The zero-order chi connectivity index (χ0) is 11.7. The van der Waals surface area contributed by atoms with E-state index in [4.69, 9.17) is 9.26 Å². The lowest BCUT2D eigenvalue weighted by molar-refractivity contribution is -0.142. The number of carbonyl (C=O) groups is 1. The van der Waals surface area contributed by atoms with E-state index >= 15 is 0 Å². The lowest BCUT2D eigenvalue weighted by Crippen LogP contribution is -2.09. The third-order valence-corrected chi connectivity index (χ3v) is 5.30. The first-order valence-corrected chi connectivity index (χ1v) is 8.13. The summed E-state index contributed by atoms with van der Waals surface area (Å²) in [6.45, 7) is 4.31. The van der Waals surface area contributed by atoms with Crippen molar-refractivity contribution in [2.24, 2.45) is 0 Å². The van der Waals surface area contributed by atoms with Crippen LogP contribution in [-0.4, -0.2) is 36.8 Å². The molecule has 0 bridgehead atoms. The summed E-state index contributed by atoms with van der Waals surface area (Å²) in [4.78, 5) is 11.1. The number of carbonyl (C=O) groups excluding carboxylic acids is 1. The largest absolute Gasteiger partial charge is 0.466 e. The predicted octanol–water partition coefficient (Wildman–Crippen LogP) is 2.65. The molecule has 0 spiro atoms. The highest BCUT2D eigenvalue weighted by Gasteiger charge is 2.23. The lowest BCUT2D eigenvalue weighted by atomic mass is 10.5. The third kappa shape index (κ3) is 7.09. The van der Waals surface area contributed by atoms with E-state index in [1.807, 2.05) is 0 Å². The Balaban J connectivity index is 4.06. The van der Waals surface area contributed by atoms with Gasteiger partial charge in [0.05, 0.1) is 19.6 Å². The van der Waals surface area contributed by atoms with Gasteiger partial charge in [0.15, 0.2) is 0 Å². The Hall–Kier alpha value is 0.140. The molecule has 90 valence electrons. The van der Waals surface area contributed by atoms with Gasteiger partial charge in [-0.25, -0.2) is 0 Å². The van der Waals surface area contributed by atoms with Gasteiger partial charge >= 0.3 is 5.97 Å². The Morgan fingerprint density at radius 1 is 1.27 bits per heavy atom. The van der Waals surface area contributed by atoms with Crippen molar-refractivity contribution in [1.29, 1.82) is 0 Å². The number of halogens is 1. The molecule has 15 heavy (non-hydrogen) atoms. The van der Waals surface area contributed by atoms with Gasteiger partial charge in [0, 0.05) is 17.7 Å². The first kappa shape index (κ1) is 15.1. The maximum Gasteiger partial charge on any atom is 0.306 e. The molecule has 0 saturated heterocycles. The Morgan fingerprint density at radius 2 is 1.93 bits per heavy atom. The number of hydrogen-bond donors (Lipinski definition) is 0. The summed E-state index contributed by atoms with van der Waals surface area (Å²) >= 11 is 3.22. The van der Waals surface area contributed by atoms with Crippen molar-refractivity contribution in [1.82, 2.24) is 0 Å². The number of hydrogen-bond acceptors (Lipinski definition) is 4. The van der Waals surface area contributed by atoms with E-state index in [1.54, 1.807) is 13.8 Å². The van der Waals surface area contributed by atoms with E-state index < -0.39 is 7.37 Å². The second kappa shape index (κ2) is 8.31. The topological polar surface area (TPSA) is 52.6 Å². The molecule has 0 aromatic heterocycles. The van der Waals surface area contributed by atoms with Gasteiger partial charge in [-0.1, -0.05) is 15.9 Å². The van der Waals surface area contributed by atoms with Crippen LogP contribution < -0.4 is 0 Å². The van der Waals surface area contributed by atoms with Crippen molar-refractivity contribution in [3.05, 3.63) is 0 Å². The normalized spacial score (nSPS) is 14.6. The molecule has 0 aromatic rings. The standard InChI is InChI=1S/C9H18BrO4P/c1-3-13-9(11)5-7-15(12,8-6-10)14-4-2/h3-8H2,1-2H3/t15-/m1/s1. The fraction of sp³-hybridized carbons (Fsp3) is 0.889. The molecule has 0 aliphatic heterocycles. The molecule has 4 nitrogen and oxygen atoms in total. The predicted molar refractivity (Wildman–Crippen MR) is 64.0 cm³/mol. The monoisotopic (exact) mass is 300 g/mol. The van der Waals surface area contributed by atoms with Crippen LogP contribution in [0.5, 0.6) is 0 Å². The van der Waals surface area contributed by atoms with Crippen LogP contribution in [0.1, 0.15) is 20.3 Å². The molecule has 0 unspecified atom stereocenters. The molecule has 0 aliphatic rings. The summed E-state index contributed by atoms with van der Waals surface area (Å²) in [5.74, 6) is -0.313. The molecule has 0 rings (SSSR count). The molecule has 0 radical (unpaired) electrons. The Kier molecular flexibility index (Phi) is 8.39. The van der Waals surface area contributed by atoms with Crippen LogP contribution in [0, 0.1) is 0 Å². The molecular formula is C9H18BrO4P. The highest BCUT2D eigenvalue weighted by Crippen LogP contribution is 2.47. The maximum atomic E-state index is 12.1. The van der Waals surface area contributed by atoms with E-state index in [2.05, 4.69) is 15.9 Å². The van der Waals surface area contributed by atoms with Crippen molar-refractivity contribution in [2.45, 2.75) is 20.3 Å². The van der Waals surface area contributed by atoms with Gasteiger partial charge in [0.25, 0.3) is 0 Å². The van der Waals surface area contributed by atoms with Crippen molar-refractivity contribution < 1.29 is 18.6 Å². The van der Waals surface area contributed by atoms with Crippen molar-refractivity contribution >= 4 is 29.3 Å². The summed E-state index contributed by atoms with van der Waals surface area (Å²) in [5.41, 5.74) is 0. The zero-order valence-corrected chi connectivity index (χ0v) is 11.7. The lowest BCUT2D eigenvalue weighted by Gasteiger charge is -2.15. The first-order valence-electron chi connectivity index (χ1n) is 5.02. The Labute approximate surface area is 99.3 Å². The van der Waals surface area contributed by atoms with Crippen LogP contribution in [0.4, 0.5) is 0 Å². The molecule has 0 aliphatic carbocycles. The minimum Gasteiger partial charge on any atom is -0.466 e. The highest BCUT2D eigenvalue weighted by atomic mass is 79.9. The van der Waals surface area contributed by atoms with Crippen LogP contribution >= 0.6 is 23.3 Å². The van der Waals surface area contributed by atoms with Crippen molar-refractivity contribution in [2.75, 3.05) is 30.9 Å². The second-order valence-electron chi connectivity index (χ2n) is 2.92. The van der Waals surface area contributed by atoms with Crippen LogP contribution in [0.3, 0.4) is 0 Å². The van der Waals surface area contributed by atoms with E-state index in [-0.39, 0.29) is 18.6 Å². The molecule has 0 fully saturated rings. The van der Waals surface area contributed by atoms with Gasteiger partial charge in [-0.05, 0) is 13.8 Å². The second-order valence-corrected chi connectivity index (χ2v) is 6.50. The molecule has 0 aromatic carbocycles. The van der Waals surface area contributed by atoms with E-state index in [0.717, 1.165) is 0 Å². The van der Waals surface area contributed by atoms with Gasteiger partial charge in [-0.2, -0.15) is 0 Å². The third-order valence-electron chi connectivity index (χ3n) is 1.75. The maximum absolute atomic E-state index is 12.1. The minimum atomic E-state index is -2.64. The van der Waals surface area contributed by atoms with Crippen LogP contribution in [0.2, 0.25) is 0 Å². The average molecular weight is 301 g/mol. The zero-order valence-electron chi connectivity index (χ0n) is 9.20. The molecule has 1 atom stereocenters. The van der Waals surface area contributed by atoms with Gasteiger partial charge in [-0.15, -0.1) is 0 Å². The molecule has 0 saturated carbocycles. The SMILES string of the molecule is CCOC(=O)CC[P@](=O)(CCBr)OCC. The summed E-state index contributed by atoms with van der Waals surface area (Å²) in [5, 5.41) is 0.618. The highest BCUT2D eigenvalue weighted by molar-refractivity contribution is 9.09. The molecule has 0 heterocycles. The van der Waals surface area contributed by atoms with Crippen LogP contribution in [0.15, 0.2) is 0 Å². The first-order chi connectivity index (χ1) is 7.08. The van der Waals surface area contributed by atoms with Gasteiger partial charge in [-0.3, -0.25) is 9.36 Å². The molecule has 6 heteroatoms. The summed E-state index contributed by atoms with van der Waals surface area (Å²) in [7, 11) is -2.64. The van der Waals surface area contributed by atoms with Crippen molar-refractivity contribution in [3.63, 3.8) is 0 Å². The van der Waals surface area contributed by atoms with Gasteiger partial charge in [0.1, 0.15) is 0 Å². The fourth-order valence-electron chi connectivity index (χ4n) is 1.10.